The summed E-state index contributed by atoms with van der Waals surface area (Å²) in [7, 11) is 3.01. The van der Waals surface area contributed by atoms with Crippen LogP contribution in [0.4, 0.5) is 0 Å². The molecule has 1 aliphatic carbocycles. The van der Waals surface area contributed by atoms with Gasteiger partial charge in [0.05, 0.1) is 11.8 Å². The molecule has 2 N–H and O–H groups in total. The van der Waals surface area contributed by atoms with Crippen molar-refractivity contribution in [3.05, 3.63) is 11.4 Å². The fourth-order valence-corrected chi connectivity index (χ4v) is 3.92. The number of methoxy groups -OCH3 is 1. The normalized spacial score (nSPS) is 22.4. The van der Waals surface area contributed by atoms with Gasteiger partial charge in [0.2, 0.25) is 0 Å². The van der Waals surface area contributed by atoms with E-state index in [4.69, 9.17) is 15.4 Å². The maximum atomic E-state index is 12.2. The lowest BCUT2D eigenvalue weighted by Crippen LogP contribution is -2.34. The second kappa shape index (κ2) is 6.33. The summed E-state index contributed by atoms with van der Waals surface area (Å²) in [5.74, 6) is -0.535. The molecule has 1 aliphatic rings. The van der Waals surface area contributed by atoms with Gasteiger partial charge in [0.1, 0.15) is 4.90 Å². The van der Waals surface area contributed by atoms with E-state index < -0.39 is 15.0 Å². The van der Waals surface area contributed by atoms with Crippen molar-refractivity contribution in [1.82, 2.24) is 15.5 Å². The topological polar surface area (TPSA) is 101 Å². The predicted molar refractivity (Wildman–Crippen MR) is 76.9 cm³/mol. The number of aryl methyl sites for hydroxylation is 1. The number of carbonyl (C=O) groups excluding carboxylic acids is 1. The van der Waals surface area contributed by atoms with Crippen LogP contribution in [0.2, 0.25) is 0 Å². The minimum Gasteiger partial charge on any atom is -0.381 e. The fraction of sp³-hybridized carbons (Fsp3) is 0.667. The van der Waals surface area contributed by atoms with E-state index in [0.29, 0.717) is 18.5 Å². The summed E-state index contributed by atoms with van der Waals surface area (Å²) in [6.07, 6.45) is 2.87. The summed E-state index contributed by atoms with van der Waals surface area (Å²) < 4.78 is 28.5. The molecule has 1 saturated carbocycles. The Kier molecular flexibility index (Phi) is 4.90. The molecular weight excluding hydrogens is 318 g/mol. The molecule has 7 nitrogen and oxygen atoms in total. The number of aromatic nitrogens is 2. The molecule has 0 saturated heterocycles. The first-order valence-electron chi connectivity index (χ1n) is 6.72. The van der Waals surface area contributed by atoms with Crippen molar-refractivity contribution in [3.8, 4) is 0 Å². The Morgan fingerprint density at radius 1 is 1.52 bits per heavy atom. The molecular formula is C12H18ClN3O4S. The molecule has 1 aromatic rings. The first-order valence-corrected chi connectivity index (χ1v) is 9.03. The molecule has 0 radical (unpaired) electrons. The Balaban J connectivity index is 2.19. The SMILES string of the molecule is CCc1[nH]nc(C(=O)NC2CCC(OC)C2)c1S(=O)(=O)Cl. The van der Waals surface area contributed by atoms with Gasteiger partial charge in [0.25, 0.3) is 15.0 Å². The van der Waals surface area contributed by atoms with E-state index in [0.717, 1.165) is 12.8 Å². The van der Waals surface area contributed by atoms with Crippen molar-refractivity contribution in [2.24, 2.45) is 0 Å². The number of rotatable bonds is 5. The molecule has 0 aromatic carbocycles. The summed E-state index contributed by atoms with van der Waals surface area (Å²) in [6, 6.07) is -0.0462. The lowest BCUT2D eigenvalue weighted by Gasteiger charge is -2.12. The molecule has 2 unspecified atom stereocenters. The molecule has 2 rings (SSSR count). The molecule has 21 heavy (non-hydrogen) atoms. The minimum atomic E-state index is -4.03. The third-order valence-corrected chi connectivity index (χ3v) is 5.05. The Morgan fingerprint density at radius 2 is 2.24 bits per heavy atom. The van der Waals surface area contributed by atoms with Gasteiger partial charge >= 0.3 is 0 Å². The van der Waals surface area contributed by atoms with Crippen molar-refractivity contribution in [2.45, 2.75) is 49.6 Å². The van der Waals surface area contributed by atoms with E-state index in [-0.39, 0.29) is 22.7 Å². The molecule has 0 aliphatic heterocycles. The van der Waals surface area contributed by atoms with E-state index in [1.54, 1.807) is 14.0 Å². The smallest absolute Gasteiger partial charge is 0.273 e. The Bertz CT molecular complexity index is 628. The number of hydrogen-bond acceptors (Lipinski definition) is 5. The van der Waals surface area contributed by atoms with Crippen LogP contribution in [0, 0.1) is 0 Å². The molecule has 118 valence electrons. The largest absolute Gasteiger partial charge is 0.381 e. The van der Waals surface area contributed by atoms with E-state index in [1.165, 1.54) is 0 Å². The highest BCUT2D eigenvalue weighted by Crippen LogP contribution is 2.25. The van der Waals surface area contributed by atoms with E-state index in [1.807, 2.05) is 0 Å². The standard InChI is InChI=1S/C12H18ClN3O4S/c1-3-9-11(21(13,18)19)10(16-15-9)12(17)14-7-4-5-8(6-7)20-2/h7-8H,3-6H2,1-2H3,(H,14,17)(H,15,16). The first-order chi connectivity index (χ1) is 9.86. The molecule has 0 spiro atoms. The summed E-state index contributed by atoms with van der Waals surface area (Å²) in [5.41, 5.74) is 0.152. The molecule has 1 heterocycles. The zero-order chi connectivity index (χ0) is 15.6. The highest BCUT2D eigenvalue weighted by molar-refractivity contribution is 8.13. The molecule has 9 heteroatoms. The number of ether oxygens (including phenoxy) is 1. The summed E-state index contributed by atoms with van der Waals surface area (Å²) >= 11 is 0. The number of H-pyrrole nitrogens is 1. The van der Waals surface area contributed by atoms with Crippen LogP contribution < -0.4 is 5.32 Å². The van der Waals surface area contributed by atoms with Gasteiger partial charge in [-0.25, -0.2) is 8.42 Å². The van der Waals surface area contributed by atoms with E-state index in [9.17, 15) is 13.2 Å². The van der Waals surface area contributed by atoms with Crippen LogP contribution in [0.5, 0.6) is 0 Å². The van der Waals surface area contributed by atoms with Crippen LogP contribution in [0.15, 0.2) is 4.90 Å². The van der Waals surface area contributed by atoms with E-state index >= 15 is 0 Å². The molecule has 1 amide bonds. The van der Waals surface area contributed by atoms with Crippen LogP contribution in [0.1, 0.15) is 42.4 Å². The number of halogens is 1. The van der Waals surface area contributed by atoms with Gasteiger partial charge in [-0.3, -0.25) is 9.89 Å². The first kappa shape index (κ1) is 16.3. The van der Waals surface area contributed by atoms with Gasteiger partial charge < -0.3 is 10.1 Å². The van der Waals surface area contributed by atoms with Crippen molar-refractivity contribution in [2.75, 3.05) is 7.11 Å². The Labute approximate surface area is 127 Å². The van der Waals surface area contributed by atoms with Crippen molar-refractivity contribution < 1.29 is 17.9 Å². The average Bonchev–Trinajstić information content (AvgIpc) is 3.03. The lowest BCUT2D eigenvalue weighted by molar-refractivity contribution is 0.0907. The zero-order valence-electron chi connectivity index (χ0n) is 11.8. The maximum Gasteiger partial charge on any atom is 0.273 e. The lowest BCUT2D eigenvalue weighted by atomic mass is 10.2. The van der Waals surface area contributed by atoms with Crippen LogP contribution in [0.3, 0.4) is 0 Å². The summed E-state index contributed by atoms with van der Waals surface area (Å²) in [6.45, 7) is 1.75. The monoisotopic (exact) mass is 335 g/mol. The third-order valence-electron chi connectivity index (χ3n) is 3.66. The Morgan fingerprint density at radius 3 is 2.76 bits per heavy atom. The average molecular weight is 336 g/mol. The Hall–Kier alpha value is -1.12. The van der Waals surface area contributed by atoms with Gasteiger partial charge in [-0.1, -0.05) is 6.92 Å². The van der Waals surface area contributed by atoms with E-state index in [2.05, 4.69) is 15.5 Å². The molecule has 0 bridgehead atoms. The van der Waals surface area contributed by atoms with Gasteiger partial charge in [-0.2, -0.15) is 5.10 Å². The van der Waals surface area contributed by atoms with Crippen LogP contribution >= 0.6 is 10.7 Å². The van der Waals surface area contributed by atoms with Crippen LogP contribution in [0.25, 0.3) is 0 Å². The number of nitrogens with one attached hydrogen (secondary N) is 2. The number of nitrogens with zero attached hydrogens (tertiary/aromatic N) is 1. The number of aromatic amines is 1. The number of carbonyl (C=O) groups is 1. The molecule has 1 fully saturated rings. The highest BCUT2D eigenvalue weighted by atomic mass is 35.7. The van der Waals surface area contributed by atoms with Crippen molar-refractivity contribution in [3.63, 3.8) is 0 Å². The number of amides is 1. The second-order valence-electron chi connectivity index (χ2n) is 5.01. The quantitative estimate of drug-likeness (QED) is 0.787. The second-order valence-corrected chi connectivity index (χ2v) is 7.52. The highest BCUT2D eigenvalue weighted by Gasteiger charge is 2.31. The van der Waals surface area contributed by atoms with Crippen LogP contribution in [-0.4, -0.2) is 43.8 Å². The van der Waals surface area contributed by atoms with Gasteiger partial charge in [0.15, 0.2) is 5.69 Å². The van der Waals surface area contributed by atoms with Gasteiger partial charge in [0, 0.05) is 23.8 Å². The van der Waals surface area contributed by atoms with Crippen molar-refractivity contribution >= 4 is 25.6 Å². The summed E-state index contributed by atoms with van der Waals surface area (Å²) in [5, 5.41) is 9.14. The zero-order valence-corrected chi connectivity index (χ0v) is 13.4. The fourth-order valence-electron chi connectivity index (χ4n) is 2.56. The van der Waals surface area contributed by atoms with Crippen LogP contribution in [-0.2, 0) is 20.2 Å². The maximum absolute atomic E-state index is 12.2. The summed E-state index contributed by atoms with van der Waals surface area (Å²) in [4.78, 5) is 12.0. The minimum absolute atomic E-state index is 0.0462. The molecule has 2 atom stereocenters. The van der Waals surface area contributed by atoms with Gasteiger partial charge in [-0.15, -0.1) is 0 Å². The van der Waals surface area contributed by atoms with Crippen molar-refractivity contribution in [1.29, 1.82) is 0 Å². The number of hydrogen-bond donors (Lipinski definition) is 2. The third kappa shape index (κ3) is 3.56. The predicted octanol–water partition coefficient (Wildman–Crippen LogP) is 1.20. The van der Waals surface area contributed by atoms with Gasteiger partial charge in [-0.05, 0) is 25.7 Å². The molecule has 1 aromatic heterocycles.